The van der Waals surface area contributed by atoms with Crippen molar-refractivity contribution in [3.63, 3.8) is 0 Å². The van der Waals surface area contributed by atoms with Crippen molar-refractivity contribution in [3.8, 4) is 0 Å². The van der Waals surface area contributed by atoms with E-state index in [2.05, 4.69) is 5.32 Å². The minimum atomic E-state index is -0.490. The normalized spacial score (nSPS) is 15.4. The van der Waals surface area contributed by atoms with Gasteiger partial charge in [-0.15, -0.1) is 0 Å². The predicted octanol–water partition coefficient (Wildman–Crippen LogP) is 5.03. The molecule has 1 heterocycles. The van der Waals surface area contributed by atoms with Crippen LogP contribution < -0.4 is 5.32 Å². The van der Waals surface area contributed by atoms with Crippen LogP contribution in [0.5, 0.6) is 0 Å². The third-order valence-electron chi connectivity index (χ3n) is 5.55. The summed E-state index contributed by atoms with van der Waals surface area (Å²) in [4.78, 5) is 32.1. The van der Waals surface area contributed by atoms with Gasteiger partial charge in [-0.05, 0) is 55.3 Å². The fourth-order valence-electron chi connectivity index (χ4n) is 3.90. The quantitative estimate of drug-likeness (QED) is 0.579. The van der Waals surface area contributed by atoms with Crippen molar-refractivity contribution in [1.29, 1.82) is 0 Å². The van der Waals surface area contributed by atoms with Crippen molar-refractivity contribution in [2.24, 2.45) is 4.99 Å². The number of hydrogen-bond donors (Lipinski definition) is 1. The highest BCUT2D eigenvalue weighted by molar-refractivity contribution is 6.24. The van der Waals surface area contributed by atoms with Gasteiger partial charge in [0, 0.05) is 24.3 Å². The van der Waals surface area contributed by atoms with E-state index in [0.29, 0.717) is 30.1 Å². The number of amides is 2. The molecule has 5 heteroatoms. The van der Waals surface area contributed by atoms with E-state index in [1.54, 1.807) is 17.0 Å². The van der Waals surface area contributed by atoms with Gasteiger partial charge >= 0.3 is 0 Å². The molecule has 0 aliphatic carbocycles. The highest BCUT2D eigenvalue weighted by Crippen LogP contribution is 2.36. The Morgan fingerprint density at radius 1 is 0.871 bits per heavy atom. The predicted molar refractivity (Wildman–Crippen MR) is 124 cm³/mol. The lowest BCUT2D eigenvalue weighted by Gasteiger charge is -2.18. The van der Waals surface area contributed by atoms with Gasteiger partial charge in [0.2, 0.25) is 5.91 Å². The van der Waals surface area contributed by atoms with Gasteiger partial charge < -0.3 is 10.2 Å². The zero-order valence-corrected chi connectivity index (χ0v) is 17.7. The Labute approximate surface area is 182 Å². The molecule has 2 amide bonds. The molecular formula is C26H25N3O2. The van der Waals surface area contributed by atoms with Crippen molar-refractivity contribution in [2.45, 2.75) is 19.8 Å². The van der Waals surface area contributed by atoms with Crippen LogP contribution in [0.25, 0.3) is 0 Å². The van der Waals surface area contributed by atoms with Gasteiger partial charge in [-0.1, -0.05) is 48.5 Å². The molecular weight excluding hydrogens is 386 g/mol. The van der Waals surface area contributed by atoms with Crippen molar-refractivity contribution in [2.75, 3.05) is 18.4 Å². The molecule has 0 spiro atoms. The number of nitrogens with one attached hydrogen (secondary N) is 1. The summed E-state index contributed by atoms with van der Waals surface area (Å²) < 4.78 is 0. The van der Waals surface area contributed by atoms with Crippen LogP contribution in [-0.4, -0.2) is 35.5 Å². The van der Waals surface area contributed by atoms with Gasteiger partial charge in [-0.3, -0.25) is 14.6 Å². The summed E-state index contributed by atoms with van der Waals surface area (Å²) in [6.07, 6.45) is 0. The first-order chi connectivity index (χ1) is 15.1. The number of anilines is 1. The Kier molecular flexibility index (Phi) is 5.94. The van der Waals surface area contributed by atoms with E-state index in [0.717, 1.165) is 16.8 Å². The first-order valence-electron chi connectivity index (χ1n) is 10.6. The lowest BCUT2D eigenvalue weighted by molar-refractivity contribution is -0.115. The highest BCUT2D eigenvalue weighted by Gasteiger charge is 2.35. The Morgan fingerprint density at radius 2 is 1.52 bits per heavy atom. The Morgan fingerprint density at radius 3 is 2.19 bits per heavy atom. The SMILES string of the molecule is CCN(CC)C(=O)c1ccc(N=C(c2ccccc2)C2C(=O)Nc3ccccc32)cc1. The molecule has 0 bridgehead atoms. The molecule has 156 valence electrons. The highest BCUT2D eigenvalue weighted by atomic mass is 16.2. The smallest absolute Gasteiger partial charge is 0.253 e. The van der Waals surface area contributed by atoms with Crippen molar-refractivity contribution in [3.05, 3.63) is 95.6 Å². The third-order valence-corrected chi connectivity index (χ3v) is 5.55. The monoisotopic (exact) mass is 411 g/mol. The van der Waals surface area contributed by atoms with Crippen LogP contribution in [0.3, 0.4) is 0 Å². The fourth-order valence-corrected chi connectivity index (χ4v) is 3.90. The number of benzene rings is 3. The number of carbonyl (C=O) groups is 2. The van der Waals surface area contributed by atoms with Gasteiger partial charge in [0.25, 0.3) is 5.91 Å². The van der Waals surface area contributed by atoms with E-state index < -0.39 is 5.92 Å². The van der Waals surface area contributed by atoms with Crippen LogP contribution in [0.4, 0.5) is 11.4 Å². The molecule has 5 nitrogen and oxygen atoms in total. The van der Waals surface area contributed by atoms with Crippen molar-refractivity contribution in [1.82, 2.24) is 4.90 Å². The minimum Gasteiger partial charge on any atom is -0.339 e. The molecule has 1 N–H and O–H groups in total. The number of para-hydroxylation sites is 1. The summed E-state index contributed by atoms with van der Waals surface area (Å²) in [7, 11) is 0. The summed E-state index contributed by atoms with van der Waals surface area (Å²) in [6, 6.07) is 24.7. The second-order valence-electron chi connectivity index (χ2n) is 7.40. The van der Waals surface area contributed by atoms with E-state index in [1.165, 1.54) is 0 Å². The largest absolute Gasteiger partial charge is 0.339 e. The third kappa shape index (κ3) is 4.12. The van der Waals surface area contributed by atoms with Crippen LogP contribution >= 0.6 is 0 Å². The van der Waals surface area contributed by atoms with E-state index in [1.807, 2.05) is 80.6 Å². The van der Waals surface area contributed by atoms with Gasteiger partial charge in [-0.25, -0.2) is 0 Å². The van der Waals surface area contributed by atoms with E-state index in [4.69, 9.17) is 4.99 Å². The molecule has 1 atom stereocenters. The van der Waals surface area contributed by atoms with E-state index >= 15 is 0 Å². The number of hydrogen-bond acceptors (Lipinski definition) is 3. The molecule has 0 saturated carbocycles. The molecule has 0 aromatic heterocycles. The molecule has 3 aromatic carbocycles. The average molecular weight is 412 g/mol. The number of fused-ring (bicyclic) bond motifs is 1. The second-order valence-corrected chi connectivity index (χ2v) is 7.40. The molecule has 0 saturated heterocycles. The van der Waals surface area contributed by atoms with Crippen molar-refractivity contribution < 1.29 is 9.59 Å². The van der Waals surface area contributed by atoms with E-state index in [-0.39, 0.29) is 11.8 Å². The molecule has 1 aliphatic rings. The van der Waals surface area contributed by atoms with Crippen LogP contribution in [0, 0.1) is 0 Å². The standard InChI is InChI=1S/C26H25N3O2/c1-3-29(4-2)26(31)19-14-16-20(17-15-19)27-24(18-10-6-5-7-11-18)23-21-12-8-9-13-22(21)28-25(23)30/h5-17,23H,3-4H2,1-2H3,(H,28,30). The summed E-state index contributed by atoms with van der Waals surface area (Å²) in [5.41, 5.74) is 4.65. The molecule has 0 fully saturated rings. The van der Waals surface area contributed by atoms with E-state index in [9.17, 15) is 9.59 Å². The van der Waals surface area contributed by atoms with Crippen LogP contribution in [-0.2, 0) is 4.79 Å². The molecule has 0 radical (unpaired) electrons. The first-order valence-corrected chi connectivity index (χ1v) is 10.6. The summed E-state index contributed by atoms with van der Waals surface area (Å²) in [5.74, 6) is -0.569. The lowest BCUT2D eigenvalue weighted by atomic mass is 9.90. The number of rotatable bonds is 6. The van der Waals surface area contributed by atoms with Gasteiger partial charge in [0.05, 0.1) is 11.4 Å². The summed E-state index contributed by atoms with van der Waals surface area (Å²) in [6.45, 7) is 5.28. The molecule has 1 aliphatic heterocycles. The van der Waals surface area contributed by atoms with Gasteiger partial charge in [0.1, 0.15) is 5.92 Å². The zero-order chi connectivity index (χ0) is 21.8. The van der Waals surface area contributed by atoms with Gasteiger partial charge in [0.15, 0.2) is 0 Å². The number of carbonyl (C=O) groups excluding carboxylic acids is 2. The fraction of sp³-hybridized carbons (Fsp3) is 0.192. The topological polar surface area (TPSA) is 61.8 Å². The van der Waals surface area contributed by atoms with Crippen LogP contribution in [0.1, 0.15) is 41.3 Å². The first kappa shape index (κ1) is 20.5. The number of aliphatic imine (C=N–C) groups is 1. The molecule has 3 aromatic rings. The van der Waals surface area contributed by atoms with Crippen LogP contribution in [0.15, 0.2) is 83.9 Å². The lowest BCUT2D eigenvalue weighted by Crippen LogP contribution is -2.30. The Balaban J connectivity index is 1.74. The molecule has 1 unspecified atom stereocenters. The Bertz CT molecular complexity index is 1120. The molecule has 31 heavy (non-hydrogen) atoms. The zero-order valence-electron chi connectivity index (χ0n) is 17.7. The number of nitrogens with zero attached hydrogens (tertiary/aromatic N) is 2. The Hall–Kier alpha value is -3.73. The van der Waals surface area contributed by atoms with Gasteiger partial charge in [-0.2, -0.15) is 0 Å². The second kappa shape index (κ2) is 8.96. The molecule has 4 rings (SSSR count). The maximum Gasteiger partial charge on any atom is 0.253 e. The summed E-state index contributed by atoms with van der Waals surface area (Å²) in [5, 5.41) is 2.96. The maximum atomic E-state index is 12.9. The average Bonchev–Trinajstić information content (AvgIpc) is 3.14. The van der Waals surface area contributed by atoms with Crippen molar-refractivity contribution >= 4 is 28.9 Å². The summed E-state index contributed by atoms with van der Waals surface area (Å²) >= 11 is 0. The maximum absolute atomic E-state index is 12.9. The van der Waals surface area contributed by atoms with Crippen LogP contribution in [0.2, 0.25) is 0 Å². The minimum absolute atomic E-state index is 0.00732.